The molecule has 0 radical (unpaired) electrons. The summed E-state index contributed by atoms with van der Waals surface area (Å²) >= 11 is 0. The Bertz CT molecular complexity index is 1170. The lowest BCUT2D eigenvalue weighted by molar-refractivity contribution is -0.154. The van der Waals surface area contributed by atoms with Crippen molar-refractivity contribution in [1.29, 1.82) is 0 Å². The molecular formula is C23H24N2O6. The van der Waals surface area contributed by atoms with E-state index in [1.807, 2.05) is 31.2 Å². The van der Waals surface area contributed by atoms with Gasteiger partial charge in [0.25, 0.3) is 0 Å². The molecule has 8 nitrogen and oxygen atoms in total. The van der Waals surface area contributed by atoms with Gasteiger partial charge in [-0.05, 0) is 30.9 Å². The summed E-state index contributed by atoms with van der Waals surface area (Å²) in [7, 11) is 2.56. The fourth-order valence-electron chi connectivity index (χ4n) is 6.16. The lowest BCUT2D eigenvalue weighted by atomic mass is 9.83. The number of para-hydroxylation sites is 1. The molecule has 3 atom stereocenters. The molecule has 5 rings (SSSR count). The van der Waals surface area contributed by atoms with Crippen LogP contribution >= 0.6 is 0 Å². The van der Waals surface area contributed by atoms with Gasteiger partial charge in [0.15, 0.2) is 5.41 Å². The first-order chi connectivity index (χ1) is 14.9. The van der Waals surface area contributed by atoms with Crippen LogP contribution in [0.2, 0.25) is 0 Å². The second kappa shape index (κ2) is 6.42. The molecule has 0 bridgehead atoms. The average molecular weight is 424 g/mol. The van der Waals surface area contributed by atoms with Gasteiger partial charge in [-0.15, -0.1) is 0 Å². The van der Waals surface area contributed by atoms with Crippen LogP contribution in [-0.2, 0) is 30.3 Å². The van der Waals surface area contributed by atoms with Crippen molar-refractivity contribution in [3.05, 3.63) is 35.5 Å². The Kier molecular flexibility index (Phi) is 4.10. The highest BCUT2D eigenvalue weighted by atomic mass is 16.5. The van der Waals surface area contributed by atoms with Gasteiger partial charge in [-0.2, -0.15) is 0 Å². The van der Waals surface area contributed by atoms with Gasteiger partial charge in [0, 0.05) is 17.3 Å². The van der Waals surface area contributed by atoms with Gasteiger partial charge < -0.3 is 14.4 Å². The smallest absolute Gasteiger partial charge is 0.322 e. The number of esters is 2. The highest BCUT2D eigenvalue weighted by Crippen LogP contribution is 2.79. The number of nitrogens with zero attached hydrogens (tertiary/aromatic N) is 2. The Morgan fingerprint density at radius 3 is 2.58 bits per heavy atom. The summed E-state index contributed by atoms with van der Waals surface area (Å²) in [5.41, 5.74) is 0.626. The molecule has 3 aliphatic rings. The second-order valence-corrected chi connectivity index (χ2v) is 8.60. The third kappa shape index (κ3) is 2.20. The summed E-state index contributed by atoms with van der Waals surface area (Å²) in [6.07, 6.45) is 1.19. The van der Waals surface area contributed by atoms with Crippen LogP contribution in [0.15, 0.2) is 24.3 Å². The van der Waals surface area contributed by atoms with E-state index in [0.717, 1.165) is 16.6 Å². The largest absolute Gasteiger partial charge is 0.469 e. The van der Waals surface area contributed by atoms with Gasteiger partial charge in [-0.25, -0.2) is 0 Å². The summed E-state index contributed by atoms with van der Waals surface area (Å²) in [5, 5.41) is 0.935. The van der Waals surface area contributed by atoms with E-state index >= 15 is 0 Å². The van der Waals surface area contributed by atoms with Crippen LogP contribution in [0.25, 0.3) is 10.9 Å². The number of methoxy groups -OCH3 is 2. The van der Waals surface area contributed by atoms with Crippen molar-refractivity contribution in [2.24, 2.45) is 10.8 Å². The zero-order valence-corrected chi connectivity index (χ0v) is 17.8. The number of hydrogen-bond donors (Lipinski definition) is 0. The number of amides is 1. The van der Waals surface area contributed by atoms with E-state index in [-0.39, 0.29) is 5.91 Å². The Balaban J connectivity index is 1.75. The molecule has 1 saturated carbocycles. The van der Waals surface area contributed by atoms with Crippen LogP contribution in [-0.4, -0.2) is 54.0 Å². The molecule has 0 spiro atoms. The summed E-state index contributed by atoms with van der Waals surface area (Å²) < 4.78 is 11.3. The fourth-order valence-corrected chi connectivity index (χ4v) is 6.16. The molecule has 1 aliphatic carbocycles. The lowest BCUT2D eigenvalue weighted by Crippen LogP contribution is -2.41. The Hall–Kier alpha value is -3.16. The standard InChI is InChI=1S/C23H24N2O6/c1-4-22-12-23(22,21(29)31-3)20(28)24-10-9-14-13-7-5-6-8-15(13)25(18(14)19(22)24)16(26)11-17(27)30-2/h5-8,19H,4,9-12H2,1-3H3/t19-,22-,23+/m0/s1. The number of carbonyl (C=O) groups excluding carboxylic acids is 4. The number of ether oxygens (including phenoxy) is 2. The zero-order valence-electron chi connectivity index (χ0n) is 17.8. The highest BCUT2D eigenvalue weighted by molar-refractivity contribution is 6.11. The molecule has 2 aliphatic heterocycles. The second-order valence-electron chi connectivity index (χ2n) is 8.60. The fraction of sp³-hybridized carbons (Fsp3) is 0.478. The Labute approximate surface area is 179 Å². The van der Waals surface area contributed by atoms with Crippen molar-refractivity contribution in [3.63, 3.8) is 0 Å². The number of hydrogen-bond acceptors (Lipinski definition) is 6. The van der Waals surface area contributed by atoms with Gasteiger partial charge in [0.2, 0.25) is 11.8 Å². The maximum Gasteiger partial charge on any atom is 0.322 e. The number of carbonyl (C=O) groups is 4. The minimum absolute atomic E-state index is 0.214. The van der Waals surface area contributed by atoms with Crippen LogP contribution < -0.4 is 0 Å². The predicted octanol–water partition coefficient (Wildman–Crippen LogP) is 2.24. The van der Waals surface area contributed by atoms with Crippen LogP contribution in [0.3, 0.4) is 0 Å². The van der Waals surface area contributed by atoms with Crippen molar-refractivity contribution in [1.82, 2.24) is 9.47 Å². The van der Waals surface area contributed by atoms with Crippen molar-refractivity contribution < 1.29 is 28.7 Å². The molecule has 1 aromatic carbocycles. The van der Waals surface area contributed by atoms with Crippen molar-refractivity contribution in [2.45, 2.75) is 38.6 Å². The van der Waals surface area contributed by atoms with Gasteiger partial charge >= 0.3 is 11.9 Å². The summed E-state index contributed by atoms with van der Waals surface area (Å²) in [6, 6.07) is 7.15. The number of aromatic nitrogens is 1. The maximum atomic E-state index is 13.5. The third-order valence-electron chi connectivity index (χ3n) is 7.59. The topological polar surface area (TPSA) is 94.9 Å². The number of piperidine rings is 1. The molecule has 31 heavy (non-hydrogen) atoms. The molecule has 1 aromatic heterocycles. The van der Waals surface area contributed by atoms with E-state index in [1.54, 1.807) is 9.47 Å². The Morgan fingerprint density at radius 2 is 1.90 bits per heavy atom. The first kappa shape index (κ1) is 19.8. The van der Waals surface area contributed by atoms with Crippen LogP contribution in [0.5, 0.6) is 0 Å². The highest BCUT2D eigenvalue weighted by Gasteiger charge is 2.86. The summed E-state index contributed by atoms with van der Waals surface area (Å²) in [5.74, 6) is -1.73. The zero-order chi connectivity index (χ0) is 22.1. The SMILES string of the molecule is CC[C@@]12C[C@]1(C(=O)OC)C(=O)N1CCc3c(n(C(=O)CC(=O)OC)c4ccccc34)[C@H]12. The number of fused-ring (bicyclic) bond motifs is 7. The molecule has 3 heterocycles. The Morgan fingerprint density at radius 1 is 1.16 bits per heavy atom. The van der Waals surface area contributed by atoms with Gasteiger partial charge in [-0.1, -0.05) is 25.1 Å². The lowest BCUT2D eigenvalue weighted by Gasteiger charge is -2.37. The van der Waals surface area contributed by atoms with Gasteiger partial charge in [-0.3, -0.25) is 23.7 Å². The number of benzene rings is 1. The van der Waals surface area contributed by atoms with Gasteiger partial charge in [0.05, 0.1) is 31.5 Å². The molecule has 0 unspecified atom stereocenters. The first-order valence-corrected chi connectivity index (χ1v) is 10.5. The van der Waals surface area contributed by atoms with Crippen molar-refractivity contribution >= 4 is 34.7 Å². The van der Waals surface area contributed by atoms with Crippen LogP contribution in [0.4, 0.5) is 0 Å². The minimum atomic E-state index is -1.19. The normalized spacial score (nSPS) is 28.0. The van der Waals surface area contributed by atoms with Crippen LogP contribution in [0, 0.1) is 10.8 Å². The quantitative estimate of drug-likeness (QED) is 0.552. The van der Waals surface area contributed by atoms with Crippen molar-refractivity contribution in [2.75, 3.05) is 20.8 Å². The molecule has 2 fully saturated rings. The van der Waals surface area contributed by atoms with E-state index in [4.69, 9.17) is 9.47 Å². The predicted molar refractivity (Wildman–Crippen MR) is 109 cm³/mol. The average Bonchev–Trinajstić information content (AvgIpc) is 3.30. The summed E-state index contributed by atoms with van der Waals surface area (Å²) in [4.78, 5) is 53.1. The molecule has 162 valence electrons. The molecule has 2 aromatic rings. The molecule has 8 heteroatoms. The first-order valence-electron chi connectivity index (χ1n) is 10.5. The monoisotopic (exact) mass is 424 g/mol. The van der Waals surface area contributed by atoms with Crippen LogP contribution in [0.1, 0.15) is 48.3 Å². The third-order valence-corrected chi connectivity index (χ3v) is 7.59. The number of rotatable bonds is 4. The van der Waals surface area contributed by atoms with Gasteiger partial charge in [0.1, 0.15) is 6.42 Å². The summed E-state index contributed by atoms with van der Waals surface area (Å²) in [6.45, 7) is 2.45. The van der Waals surface area contributed by atoms with E-state index < -0.39 is 41.1 Å². The molecular weight excluding hydrogens is 400 g/mol. The minimum Gasteiger partial charge on any atom is -0.469 e. The molecule has 1 saturated heterocycles. The van der Waals surface area contributed by atoms with E-state index in [1.165, 1.54) is 14.2 Å². The van der Waals surface area contributed by atoms with E-state index in [0.29, 0.717) is 31.3 Å². The van der Waals surface area contributed by atoms with E-state index in [9.17, 15) is 19.2 Å². The van der Waals surface area contributed by atoms with Crippen molar-refractivity contribution in [3.8, 4) is 0 Å². The molecule has 0 N–H and O–H groups in total. The molecule has 1 amide bonds. The van der Waals surface area contributed by atoms with E-state index in [2.05, 4.69) is 0 Å². The maximum absolute atomic E-state index is 13.5.